The molecule has 2 aromatic rings. The van der Waals surface area contributed by atoms with Crippen molar-refractivity contribution in [1.29, 1.82) is 0 Å². The predicted octanol–water partition coefficient (Wildman–Crippen LogP) is 2.97. The molecule has 0 fully saturated rings. The van der Waals surface area contributed by atoms with Crippen LogP contribution in [0.15, 0.2) is 22.7 Å². The van der Waals surface area contributed by atoms with Gasteiger partial charge in [0.05, 0.1) is 18.0 Å². The number of fused-ring (bicyclic) bond motifs is 1. The number of aryl methyl sites for hydroxylation is 2. The molecule has 0 saturated carbocycles. The minimum absolute atomic E-state index is 0.792. The lowest BCUT2D eigenvalue weighted by molar-refractivity contribution is 0.352. The van der Waals surface area contributed by atoms with E-state index in [4.69, 9.17) is 4.74 Å². The van der Waals surface area contributed by atoms with Crippen molar-refractivity contribution in [2.24, 2.45) is 7.05 Å². The second kappa shape index (κ2) is 6.20. The maximum absolute atomic E-state index is 5.75. The monoisotopic (exact) mass is 349 g/mol. The Morgan fingerprint density at radius 2 is 2.19 bits per heavy atom. The molecule has 1 aromatic carbocycles. The molecule has 21 heavy (non-hydrogen) atoms. The van der Waals surface area contributed by atoms with E-state index in [1.807, 2.05) is 11.7 Å². The van der Waals surface area contributed by atoms with Crippen LogP contribution in [-0.2, 0) is 33.0 Å². The number of hydrogen-bond donors (Lipinski definition) is 1. The third-order valence-electron chi connectivity index (χ3n) is 3.84. The van der Waals surface area contributed by atoms with Gasteiger partial charge in [-0.2, -0.15) is 5.10 Å². The third kappa shape index (κ3) is 3.14. The lowest BCUT2D eigenvalue weighted by Crippen LogP contribution is -2.15. The average molecular weight is 350 g/mol. The summed E-state index contributed by atoms with van der Waals surface area (Å²) in [4.78, 5) is 0. The normalized spacial score (nSPS) is 13.3. The summed E-state index contributed by atoms with van der Waals surface area (Å²) in [5, 5.41) is 7.96. The van der Waals surface area contributed by atoms with E-state index in [0.29, 0.717) is 0 Å². The first-order chi connectivity index (χ1) is 10.2. The summed E-state index contributed by atoms with van der Waals surface area (Å²) in [5.74, 6) is 1.06. The summed E-state index contributed by atoms with van der Waals surface area (Å²) in [6.45, 7) is 4.53. The summed E-state index contributed by atoms with van der Waals surface area (Å²) >= 11 is 3.58. The molecular formula is C16H20BrN3O. The van der Waals surface area contributed by atoms with E-state index in [9.17, 15) is 0 Å². The van der Waals surface area contributed by atoms with Crippen LogP contribution in [0.1, 0.15) is 29.4 Å². The minimum Gasteiger partial charge on any atom is -0.493 e. The van der Waals surface area contributed by atoms with Crippen LogP contribution in [0.3, 0.4) is 0 Å². The maximum atomic E-state index is 5.75. The van der Waals surface area contributed by atoms with Gasteiger partial charge in [0.15, 0.2) is 0 Å². The van der Waals surface area contributed by atoms with Crippen molar-refractivity contribution in [3.05, 3.63) is 45.2 Å². The van der Waals surface area contributed by atoms with E-state index < -0.39 is 0 Å². The van der Waals surface area contributed by atoms with Crippen LogP contribution in [0.5, 0.6) is 5.75 Å². The topological polar surface area (TPSA) is 39.1 Å². The van der Waals surface area contributed by atoms with Gasteiger partial charge in [-0.25, -0.2) is 0 Å². The molecule has 112 valence electrons. The Hall–Kier alpha value is -1.33. The molecule has 0 saturated heterocycles. The predicted molar refractivity (Wildman–Crippen MR) is 86.5 cm³/mol. The highest BCUT2D eigenvalue weighted by Gasteiger charge is 2.17. The van der Waals surface area contributed by atoms with Crippen molar-refractivity contribution in [2.45, 2.75) is 32.9 Å². The number of ether oxygens (including phenoxy) is 1. The second-order valence-electron chi connectivity index (χ2n) is 5.36. The van der Waals surface area contributed by atoms with Crippen LogP contribution < -0.4 is 10.1 Å². The maximum Gasteiger partial charge on any atom is 0.127 e. The Morgan fingerprint density at radius 1 is 1.33 bits per heavy atom. The van der Waals surface area contributed by atoms with Gasteiger partial charge < -0.3 is 10.1 Å². The van der Waals surface area contributed by atoms with Crippen molar-refractivity contribution in [3.8, 4) is 5.75 Å². The summed E-state index contributed by atoms with van der Waals surface area (Å²) < 4.78 is 8.83. The SMILES string of the molecule is CCc1cc(CNCc2cc(Br)cc3c2OCC3)n(C)n1. The molecule has 0 aliphatic carbocycles. The van der Waals surface area contributed by atoms with Crippen molar-refractivity contribution in [1.82, 2.24) is 15.1 Å². The van der Waals surface area contributed by atoms with Gasteiger partial charge in [-0.15, -0.1) is 0 Å². The van der Waals surface area contributed by atoms with Crippen LogP contribution >= 0.6 is 15.9 Å². The molecule has 1 aliphatic rings. The molecule has 1 aliphatic heterocycles. The first-order valence-electron chi connectivity index (χ1n) is 7.34. The molecule has 0 unspecified atom stereocenters. The third-order valence-corrected chi connectivity index (χ3v) is 4.29. The van der Waals surface area contributed by atoms with Gasteiger partial charge in [0, 0.05) is 36.6 Å². The number of nitrogens with zero attached hydrogens (tertiary/aromatic N) is 2. The van der Waals surface area contributed by atoms with Crippen LogP contribution in [0, 0.1) is 0 Å². The van der Waals surface area contributed by atoms with Gasteiger partial charge >= 0.3 is 0 Å². The molecule has 2 heterocycles. The zero-order valence-corrected chi connectivity index (χ0v) is 14.0. The van der Waals surface area contributed by atoms with Crippen LogP contribution in [0.4, 0.5) is 0 Å². The number of aromatic nitrogens is 2. The quantitative estimate of drug-likeness (QED) is 0.901. The van der Waals surface area contributed by atoms with E-state index in [1.54, 1.807) is 0 Å². The fraction of sp³-hybridized carbons (Fsp3) is 0.438. The Morgan fingerprint density at radius 3 is 2.95 bits per heavy atom. The van der Waals surface area contributed by atoms with Gasteiger partial charge in [0.25, 0.3) is 0 Å². The van der Waals surface area contributed by atoms with Crippen molar-refractivity contribution in [2.75, 3.05) is 6.61 Å². The highest BCUT2D eigenvalue weighted by atomic mass is 79.9. The van der Waals surface area contributed by atoms with Crippen molar-refractivity contribution < 1.29 is 4.74 Å². The first kappa shape index (κ1) is 14.6. The average Bonchev–Trinajstić information content (AvgIpc) is 3.05. The van der Waals surface area contributed by atoms with E-state index >= 15 is 0 Å². The lowest BCUT2D eigenvalue weighted by Gasteiger charge is -2.10. The molecule has 0 atom stereocenters. The van der Waals surface area contributed by atoms with Crippen LogP contribution in [-0.4, -0.2) is 16.4 Å². The van der Waals surface area contributed by atoms with E-state index in [0.717, 1.165) is 48.5 Å². The fourth-order valence-electron chi connectivity index (χ4n) is 2.71. The van der Waals surface area contributed by atoms with E-state index in [2.05, 4.69) is 51.5 Å². The number of halogens is 1. The molecule has 4 nitrogen and oxygen atoms in total. The molecule has 5 heteroatoms. The molecule has 1 aromatic heterocycles. The van der Waals surface area contributed by atoms with Gasteiger partial charge in [-0.1, -0.05) is 22.9 Å². The summed E-state index contributed by atoms with van der Waals surface area (Å²) in [7, 11) is 2.00. The summed E-state index contributed by atoms with van der Waals surface area (Å²) in [5.41, 5.74) is 4.87. The number of hydrogen-bond acceptors (Lipinski definition) is 3. The molecule has 0 spiro atoms. The standard InChI is InChI=1S/C16H20BrN3O/c1-3-14-8-15(20(2)19-14)10-18-9-12-7-13(17)6-11-4-5-21-16(11)12/h6-8,18H,3-5,9-10H2,1-2H3. The Kier molecular flexibility index (Phi) is 4.31. The lowest BCUT2D eigenvalue weighted by atomic mass is 10.1. The number of nitrogens with one attached hydrogen (secondary N) is 1. The Labute approximate surface area is 133 Å². The largest absolute Gasteiger partial charge is 0.493 e. The zero-order valence-electron chi connectivity index (χ0n) is 12.4. The van der Waals surface area contributed by atoms with Crippen LogP contribution in [0.25, 0.3) is 0 Å². The fourth-order valence-corrected chi connectivity index (χ4v) is 3.26. The Bertz CT molecular complexity index is 651. The van der Waals surface area contributed by atoms with Gasteiger partial charge in [0.1, 0.15) is 5.75 Å². The molecule has 0 bridgehead atoms. The zero-order chi connectivity index (χ0) is 14.8. The highest BCUT2D eigenvalue weighted by molar-refractivity contribution is 9.10. The van der Waals surface area contributed by atoms with Gasteiger partial charge in [0.2, 0.25) is 0 Å². The van der Waals surface area contributed by atoms with Crippen molar-refractivity contribution in [3.63, 3.8) is 0 Å². The van der Waals surface area contributed by atoms with E-state index in [1.165, 1.54) is 16.8 Å². The highest BCUT2D eigenvalue weighted by Crippen LogP contribution is 2.32. The smallest absolute Gasteiger partial charge is 0.127 e. The van der Waals surface area contributed by atoms with E-state index in [-0.39, 0.29) is 0 Å². The molecule has 0 radical (unpaired) electrons. The summed E-state index contributed by atoms with van der Waals surface area (Å²) in [6, 6.07) is 6.45. The van der Waals surface area contributed by atoms with Gasteiger partial charge in [-0.3, -0.25) is 4.68 Å². The Balaban J connectivity index is 1.67. The summed E-state index contributed by atoms with van der Waals surface area (Å²) in [6.07, 6.45) is 1.98. The molecule has 0 amide bonds. The number of benzene rings is 1. The second-order valence-corrected chi connectivity index (χ2v) is 6.28. The first-order valence-corrected chi connectivity index (χ1v) is 8.13. The number of rotatable bonds is 5. The molecular weight excluding hydrogens is 330 g/mol. The molecule has 3 rings (SSSR count). The van der Waals surface area contributed by atoms with Gasteiger partial charge in [-0.05, 0) is 30.2 Å². The minimum atomic E-state index is 0.792. The van der Waals surface area contributed by atoms with Crippen LogP contribution in [0.2, 0.25) is 0 Å². The van der Waals surface area contributed by atoms with Crippen molar-refractivity contribution >= 4 is 15.9 Å². The molecule has 1 N–H and O–H groups in total.